The van der Waals surface area contributed by atoms with E-state index in [4.69, 9.17) is 9.47 Å². The van der Waals surface area contributed by atoms with Gasteiger partial charge in [0.25, 0.3) is 0 Å². The summed E-state index contributed by atoms with van der Waals surface area (Å²) in [6, 6.07) is 10.0. The van der Waals surface area contributed by atoms with Crippen LogP contribution in [0.4, 0.5) is 22.7 Å². The van der Waals surface area contributed by atoms with Crippen LogP contribution in [0.15, 0.2) is 36.4 Å². The molecule has 2 atom stereocenters. The van der Waals surface area contributed by atoms with Gasteiger partial charge in [0, 0.05) is 49.2 Å². The van der Waals surface area contributed by atoms with Crippen LogP contribution >= 0.6 is 0 Å². The highest BCUT2D eigenvalue weighted by molar-refractivity contribution is 5.97. The van der Waals surface area contributed by atoms with Gasteiger partial charge in [-0.1, -0.05) is 6.42 Å². The lowest BCUT2D eigenvalue weighted by Gasteiger charge is -2.27. The minimum absolute atomic E-state index is 0.164. The number of anilines is 4. The summed E-state index contributed by atoms with van der Waals surface area (Å²) in [6.45, 7) is 2.81. The number of carbonyl (C=O) groups is 4. The fourth-order valence-corrected chi connectivity index (χ4v) is 4.28. The molecule has 1 saturated carbocycles. The maximum atomic E-state index is 13.0. The fraction of sp³-hybridized carbons (Fsp3) is 0.385. The molecule has 1 aliphatic carbocycles. The molecular formula is C26H32N4O6. The second-order valence-corrected chi connectivity index (χ2v) is 8.73. The molecule has 2 unspecified atom stereocenters. The van der Waals surface area contributed by atoms with Crippen LogP contribution in [-0.2, 0) is 19.2 Å². The van der Waals surface area contributed by atoms with Crippen molar-refractivity contribution >= 4 is 46.4 Å². The molecule has 1 fully saturated rings. The van der Waals surface area contributed by atoms with E-state index >= 15 is 0 Å². The summed E-state index contributed by atoms with van der Waals surface area (Å²) >= 11 is 0. The SMILES string of the molecule is COc1cc(NC(=O)C2CCCC(C(=O)Nc3ccc(NC(C)=O)c(OC)c3)C2)ccc1NC(C)=O. The van der Waals surface area contributed by atoms with Crippen molar-refractivity contribution in [3.8, 4) is 11.5 Å². The van der Waals surface area contributed by atoms with Crippen molar-refractivity contribution in [1.29, 1.82) is 0 Å². The molecule has 4 N–H and O–H groups in total. The maximum absolute atomic E-state index is 13.0. The number of hydrogen-bond donors (Lipinski definition) is 4. The third-order valence-electron chi connectivity index (χ3n) is 5.98. The standard InChI is InChI=1S/C26H32N4O6/c1-15(31)27-21-10-8-19(13-23(21)35-3)29-25(33)17-6-5-7-18(12-17)26(34)30-20-9-11-22(28-16(2)32)24(14-20)36-4/h8-11,13-14,17-18H,5-7,12H2,1-4H3,(H,27,31)(H,28,32)(H,29,33)(H,30,34). The number of carbonyl (C=O) groups excluding carboxylic acids is 4. The second kappa shape index (κ2) is 12.1. The number of nitrogens with one attached hydrogen (secondary N) is 4. The van der Waals surface area contributed by atoms with E-state index in [0.717, 1.165) is 6.42 Å². The Morgan fingerprint density at radius 1 is 0.694 bits per heavy atom. The Labute approximate surface area is 210 Å². The molecule has 4 amide bonds. The van der Waals surface area contributed by atoms with E-state index in [-0.39, 0.29) is 35.5 Å². The largest absolute Gasteiger partial charge is 0.494 e. The third-order valence-corrected chi connectivity index (χ3v) is 5.98. The van der Waals surface area contributed by atoms with Crippen LogP contribution in [0.5, 0.6) is 11.5 Å². The highest BCUT2D eigenvalue weighted by Gasteiger charge is 2.31. The van der Waals surface area contributed by atoms with Crippen LogP contribution < -0.4 is 30.7 Å². The van der Waals surface area contributed by atoms with Crippen molar-refractivity contribution in [2.24, 2.45) is 11.8 Å². The summed E-state index contributed by atoms with van der Waals surface area (Å²) in [5, 5.41) is 11.2. The van der Waals surface area contributed by atoms with Crippen molar-refractivity contribution < 1.29 is 28.7 Å². The first-order valence-corrected chi connectivity index (χ1v) is 11.7. The van der Waals surface area contributed by atoms with Crippen molar-refractivity contribution in [3.05, 3.63) is 36.4 Å². The van der Waals surface area contributed by atoms with Crippen molar-refractivity contribution in [3.63, 3.8) is 0 Å². The lowest BCUT2D eigenvalue weighted by Crippen LogP contribution is -2.33. The van der Waals surface area contributed by atoms with Gasteiger partial charge in [-0.15, -0.1) is 0 Å². The van der Waals surface area contributed by atoms with Crippen molar-refractivity contribution in [1.82, 2.24) is 0 Å². The average molecular weight is 497 g/mol. The summed E-state index contributed by atoms with van der Waals surface area (Å²) < 4.78 is 10.6. The third kappa shape index (κ3) is 6.97. The Morgan fingerprint density at radius 3 is 1.47 bits per heavy atom. The molecule has 36 heavy (non-hydrogen) atoms. The monoisotopic (exact) mass is 496 g/mol. The van der Waals surface area contributed by atoms with E-state index in [9.17, 15) is 19.2 Å². The summed E-state index contributed by atoms with van der Waals surface area (Å²) in [5.74, 6) is -0.532. The molecule has 0 aliphatic heterocycles. The predicted octanol–water partition coefficient (Wildman–Crippen LogP) is 4.00. The first kappa shape index (κ1) is 26.5. The maximum Gasteiger partial charge on any atom is 0.227 e. The Hall–Kier alpha value is -4.08. The van der Waals surface area contributed by atoms with Crippen molar-refractivity contribution in [2.45, 2.75) is 39.5 Å². The Bertz CT molecular complexity index is 1060. The molecule has 192 valence electrons. The van der Waals surface area contributed by atoms with Gasteiger partial charge in [-0.3, -0.25) is 19.2 Å². The minimum Gasteiger partial charge on any atom is -0.494 e. The number of hydrogen-bond acceptors (Lipinski definition) is 6. The molecule has 0 spiro atoms. The smallest absolute Gasteiger partial charge is 0.227 e. The zero-order valence-corrected chi connectivity index (χ0v) is 20.9. The molecule has 2 aromatic rings. The van der Waals surface area contributed by atoms with Crippen LogP contribution in [0.2, 0.25) is 0 Å². The van der Waals surface area contributed by atoms with E-state index in [0.29, 0.717) is 53.5 Å². The quantitative estimate of drug-likeness (QED) is 0.436. The highest BCUT2D eigenvalue weighted by Crippen LogP contribution is 2.33. The molecule has 0 radical (unpaired) electrons. The van der Waals surface area contributed by atoms with Crippen LogP contribution in [0.25, 0.3) is 0 Å². The van der Waals surface area contributed by atoms with Crippen LogP contribution in [0.3, 0.4) is 0 Å². The van der Waals surface area contributed by atoms with Gasteiger partial charge in [0.05, 0.1) is 25.6 Å². The molecule has 10 heteroatoms. The van der Waals surface area contributed by atoms with E-state index in [1.54, 1.807) is 36.4 Å². The molecule has 0 heterocycles. The lowest BCUT2D eigenvalue weighted by atomic mass is 9.80. The zero-order valence-electron chi connectivity index (χ0n) is 20.9. The van der Waals surface area contributed by atoms with E-state index in [2.05, 4.69) is 21.3 Å². The van der Waals surface area contributed by atoms with E-state index in [1.807, 2.05) is 0 Å². The fourth-order valence-electron chi connectivity index (χ4n) is 4.28. The first-order valence-electron chi connectivity index (χ1n) is 11.7. The van der Waals surface area contributed by atoms with E-state index in [1.165, 1.54) is 28.1 Å². The summed E-state index contributed by atoms with van der Waals surface area (Å²) in [6.07, 6.45) is 2.57. The molecule has 0 saturated heterocycles. The van der Waals surface area contributed by atoms with E-state index < -0.39 is 0 Å². The van der Waals surface area contributed by atoms with Gasteiger partial charge in [0.1, 0.15) is 11.5 Å². The normalized spacial score (nSPS) is 16.9. The Kier molecular flexibility index (Phi) is 8.88. The first-order chi connectivity index (χ1) is 17.2. The van der Waals surface area contributed by atoms with Gasteiger partial charge < -0.3 is 30.7 Å². The number of methoxy groups -OCH3 is 2. The number of amides is 4. The van der Waals surface area contributed by atoms with Crippen LogP contribution in [0, 0.1) is 11.8 Å². The van der Waals surface area contributed by atoms with Crippen LogP contribution in [0.1, 0.15) is 39.5 Å². The molecule has 10 nitrogen and oxygen atoms in total. The molecule has 1 aliphatic rings. The molecule has 0 bridgehead atoms. The molecule has 2 aromatic carbocycles. The number of rotatable bonds is 8. The Morgan fingerprint density at radius 2 is 1.11 bits per heavy atom. The van der Waals surface area contributed by atoms with Crippen molar-refractivity contribution in [2.75, 3.05) is 35.5 Å². The number of ether oxygens (including phenoxy) is 2. The predicted molar refractivity (Wildman–Crippen MR) is 137 cm³/mol. The van der Waals surface area contributed by atoms with Gasteiger partial charge in [-0.25, -0.2) is 0 Å². The summed E-state index contributed by atoms with van der Waals surface area (Å²) in [5.41, 5.74) is 2.12. The van der Waals surface area contributed by atoms with Gasteiger partial charge in [-0.2, -0.15) is 0 Å². The molecular weight excluding hydrogens is 464 g/mol. The van der Waals surface area contributed by atoms with Gasteiger partial charge in [-0.05, 0) is 43.5 Å². The highest BCUT2D eigenvalue weighted by atomic mass is 16.5. The summed E-state index contributed by atoms with van der Waals surface area (Å²) in [7, 11) is 2.97. The van der Waals surface area contributed by atoms with Gasteiger partial charge >= 0.3 is 0 Å². The summed E-state index contributed by atoms with van der Waals surface area (Å²) in [4.78, 5) is 48.6. The Balaban J connectivity index is 1.62. The molecule has 3 rings (SSSR count). The zero-order chi connectivity index (χ0) is 26.2. The molecule has 0 aromatic heterocycles. The van der Waals surface area contributed by atoms with Gasteiger partial charge in [0.2, 0.25) is 23.6 Å². The number of benzene rings is 2. The van der Waals surface area contributed by atoms with Crippen LogP contribution in [-0.4, -0.2) is 37.8 Å². The second-order valence-electron chi connectivity index (χ2n) is 8.73. The minimum atomic E-state index is -0.313. The lowest BCUT2D eigenvalue weighted by molar-refractivity contribution is -0.125. The van der Waals surface area contributed by atoms with Gasteiger partial charge in [0.15, 0.2) is 0 Å². The topological polar surface area (TPSA) is 135 Å². The average Bonchev–Trinajstić information content (AvgIpc) is 2.85.